The van der Waals surface area contributed by atoms with E-state index >= 15 is 0 Å². The van der Waals surface area contributed by atoms with Crippen LogP contribution in [0.3, 0.4) is 0 Å². The van der Waals surface area contributed by atoms with Crippen LogP contribution in [-0.4, -0.2) is 30.3 Å². The number of tetrazole rings is 1. The number of halogens is 1. The lowest BCUT2D eigenvalue weighted by atomic mass is 10.2. The van der Waals surface area contributed by atoms with Gasteiger partial charge in [0.15, 0.2) is 5.82 Å². The Bertz CT molecular complexity index is 787. The Labute approximate surface area is 148 Å². The zero-order valence-electron chi connectivity index (χ0n) is 13.4. The highest BCUT2D eigenvalue weighted by Gasteiger charge is 2.19. The quantitative estimate of drug-likeness (QED) is 0.588. The number of aromatic nitrogens is 6. The van der Waals surface area contributed by atoms with Crippen LogP contribution in [0.1, 0.15) is 43.7 Å². The average molecular weight is 365 g/mol. The number of hydrogen-bond acceptors (Lipinski definition) is 7. The number of unbranched alkanes of at least 4 members (excludes halogenated alkanes) is 1. The molecule has 0 saturated heterocycles. The van der Waals surface area contributed by atoms with Crippen molar-refractivity contribution in [2.24, 2.45) is 0 Å². The Morgan fingerprint density at radius 3 is 2.83 bits per heavy atom. The summed E-state index contributed by atoms with van der Waals surface area (Å²) in [6.07, 6.45) is 2.99. The highest BCUT2D eigenvalue weighted by molar-refractivity contribution is 7.99. The molecule has 0 bridgehead atoms. The van der Waals surface area contributed by atoms with E-state index in [2.05, 4.69) is 32.6 Å². The molecular formula is C15H17ClN6OS. The number of benzene rings is 1. The molecule has 126 valence electrons. The van der Waals surface area contributed by atoms with Gasteiger partial charge in [0.2, 0.25) is 11.0 Å². The van der Waals surface area contributed by atoms with E-state index in [1.165, 1.54) is 11.8 Å². The van der Waals surface area contributed by atoms with E-state index in [4.69, 9.17) is 16.1 Å². The predicted molar refractivity (Wildman–Crippen MR) is 91.3 cm³/mol. The van der Waals surface area contributed by atoms with Gasteiger partial charge < -0.3 is 4.52 Å². The molecule has 0 aliphatic rings. The van der Waals surface area contributed by atoms with E-state index in [9.17, 15) is 0 Å². The zero-order chi connectivity index (χ0) is 16.9. The normalized spacial score (nSPS) is 12.5. The Balaban J connectivity index is 1.73. The molecule has 0 aliphatic heterocycles. The highest BCUT2D eigenvalue weighted by atomic mass is 35.5. The second-order valence-electron chi connectivity index (χ2n) is 5.26. The summed E-state index contributed by atoms with van der Waals surface area (Å²) in [5.41, 5.74) is 0.841. The van der Waals surface area contributed by atoms with Gasteiger partial charge >= 0.3 is 0 Å². The van der Waals surface area contributed by atoms with Crippen molar-refractivity contribution in [3.63, 3.8) is 0 Å². The Morgan fingerprint density at radius 2 is 2.08 bits per heavy atom. The van der Waals surface area contributed by atoms with Crippen molar-refractivity contribution in [2.45, 2.75) is 43.5 Å². The summed E-state index contributed by atoms with van der Waals surface area (Å²) in [6.45, 7) is 4.12. The summed E-state index contributed by atoms with van der Waals surface area (Å²) in [6, 6.07) is 7.33. The van der Waals surface area contributed by atoms with Crippen LogP contribution >= 0.6 is 23.4 Å². The average Bonchev–Trinajstić information content (AvgIpc) is 3.23. The standard InChI is InChI=1S/C15H17ClN6OS/c1-3-4-5-13-17-14(23-19-13)10(2)24-15-18-20-21-22(15)12-8-6-11(16)7-9-12/h6-10H,3-5H2,1-2H3. The molecule has 0 aliphatic carbocycles. The first-order valence-electron chi connectivity index (χ1n) is 7.71. The van der Waals surface area contributed by atoms with Crippen LogP contribution in [-0.2, 0) is 6.42 Å². The molecule has 1 unspecified atom stereocenters. The lowest BCUT2D eigenvalue weighted by Crippen LogP contribution is -2.00. The minimum atomic E-state index is -0.0510. The minimum absolute atomic E-state index is 0.0510. The van der Waals surface area contributed by atoms with Gasteiger partial charge in [-0.2, -0.15) is 9.67 Å². The van der Waals surface area contributed by atoms with Gasteiger partial charge in [-0.05, 0) is 48.0 Å². The van der Waals surface area contributed by atoms with E-state index in [1.54, 1.807) is 16.8 Å². The summed E-state index contributed by atoms with van der Waals surface area (Å²) < 4.78 is 7.01. The molecule has 2 aromatic heterocycles. The van der Waals surface area contributed by atoms with Crippen molar-refractivity contribution in [3.8, 4) is 5.69 Å². The Hall–Kier alpha value is -1.93. The van der Waals surface area contributed by atoms with Crippen LogP contribution < -0.4 is 0 Å². The summed E-state index contributed by atoms with van der Waals surface area (Å²) in [5, 5.41) is 17.2. The third-order valence-corrected chi connectivity index (χ3v) is 4.65. The van der Waals surface area contributed by atoms with E-state index in [0.717, 1.165) is 30.8 Å². The summed E-state index contributed by atoms with van der Waals surface area (Å²) >= 11 is 7.39. The number of rotatable bonds is 7. The third kappa shape index (κ3) is 3.93. The van der Waals surface area contributed by atoms with Gasteiger partial charge in [0, 0.05) is 11.4 Å². The maximum atomic E-state index is 5.92. The van der Waals surface area contributed by atoms with Crippen molar-refractivity contribution in [1.82, 2.24) is 30.3 Å². The molecule has 0 radical (unpaired) electrons. The topological polar surface area (TPSA) is 82.5 Å². The number of nitrogens with zero attached hydrogens (tertiary/aromatic N) is 6. The molecule has 0 amide bonds. The minimum Gasteiger partial charge on any atom is -0.338 e. The van der Waals surface area contributed by atoms with Gasteiger partial charge in [0.05, 0.1) is 10.9 Å². The highest BCUT2D eigenvalue weighted by Crippen LogP contribution is 2.33. The van der Waals surface area contributed by atoms with Crippen molar-refractivity contribution >= 4 is 23.4 Å². The fourth-order valence-electron chi connectivity index (χ4n) is 2.07. The fourth-order valence-corrected chi connectivity index (χ4v) is 3.04. The molecule has 0 spiro atoms. The molecule has 0 N–H and O–H groups in total. The fraction of sp³-hybridized carbons (Fsp3) is 0.400. The Kier molecular flexibility index (Phi) is 5.47. The first kappa shape index (κ1) is 16.9. The first-order chi connectivity index (χ1) is 11.7. The van der Waals surface area contributed by atoms with Gasteiger partial charge in [-0.15, -0.1) is 5.10 Å². The molecular weight excluding hydrogens is 348 g/mol. The van der Waals surface area contributed by atoms with Crippen LogP contribution in [0.4, 0.5) is 0 Å². The van der Waals surface area contributed by atoms with Gasteiger partial charge in [0.25, 0.3) is 0 Å². The smallest absolute Gasteiger partial charge is 0.239 e. The van der Waals surface area contributed by atoms with E-state index in [-0.39, 0.29) is 5.25 Å². The number of hydrogen-bond donors (Lipinski definition) is 0. The van der Waals surface area contributed by atoms with Crippen molar-refractivity contribution < 1.29 is 4.52 Å². The van der Waals surface area contributed by atoms with Crippen LogP contribution in [0, 0.1) is 0 Å². The first-order valence-corrected chi connectivity index (χ1v) is 8.96. The van der Waals surface area contributed by atoms with Crippen molar-refractivity contribution in [1.29, 1.82) is 0 Å². The Morgan fingerprint density at radius 1 is 1.29 bits per heavy atom. The van der Waals surface area contributed by atoms with Gasteiger partial charge in [-0.3, -0.25) is 0 Å². The van der Waals surface area contributed by atoms with E-state index < -0.39 is 0 Å². The molecule has 0 saturated carbocycles. The zero-order valence-corrected chi connectivity index (χ0v) is 15.0. The number of thioether (sulfide) groups is 1. The van der Waals surface area contributed by atoms with Crippen LogP contribution in [0.15, 0.2) is 33.9 Å². The molecule has 1 aromatic carbocycles. The molecule has 3 rings (SSSR count). The van der Waals surface area contributed by atoms with Crippen molar-refractivity contribution in [2.75, 3.05) is 0 Å². The van der Waals surface area contributed by atoms with Crippen LogP contribution in [0.5, 0.6) is 0 Å². The summed E-state index contributed by atoms with van der Waals surface area (Å²) in [5.74, 6) is 1.33. The van der Waals surface area contributed by atoms with Gasteiger partial charge in [0.1, 0.15) is 0 Å². The van der Waals surface area contributed by atoms with Gasteiger partial charge in [-0.25, -0.2) is 0 Å². The molecule has 7 nitrogen and oxygen atoms in total. The molecule has 0 fully saturated rings. The predicted octanol–water partition coefficient (Wildman–Crippen LogP) is 3.89. The lowest BCUT2D eigenvalue weighted by molar-refractivity contribution is 0.374. The second kappa shape index (κ2) is 7.76. The molecule has 3 aromatic rings. The lowest BCUT2D eigenvalue weighted by Gasteiger charge is -2.07. The summed E-state index contributed by atoms with van der Waals surface area (Å²) in [7, 11) is 0. The molecule has 1 atom stereocenters. The maximum Gasteiger partial charge on any atom is 0.239 e. The third-order valence-electron chi connectivity index (χ3n) is 3.38. The van der Waals surface area contributed by atoms with Gasteiger partial charge in [-0.1, -0.05) is 41.9 Å². The second-order valence-corrected chi connectivity index (χ2v) is 7.01. The SMILES string of the molecule is CCCCc1noc(C(C)Sc2nnnn2-c2ccc(Cl)cc2)n1. The van der Waals surface area contributed by atoms with E-state index in [0.29, 0.717) is 16.1 Å². The number of aryl methyl sites for hydroxylation is 1. The largest absolute Gasteiger partial charge is 0.338 e. The molecule has 24 heavy (non-hydrogen) atoms. The van der Waals surface area contributed by atoms with Crippen LogP contribution in [0.2, 0.25) is 5.02 Å². The molecule has 2 heterocycles. The monoisotopic (exact) mass is 364 g/mol. The van der Waals surface area contributed by atoms with E-state index in [1.807, 2.05) is 19.1 Å². The van der Waals surface area contributed by atoms with Crippen molar-refractivity contribution in [3.05, 3.63) is 41.0 Å². The molecule has 9 heteroatoms. The maximum absolute atomic E-state index is 5.92. The summed E-state index contributed by atoms with van der Waals surface area (Å²) in [4.78, 5) is 4.45. The van der Waals surface area contributed by atoms with Crippen LogP contribution in [0.25, 0.3) is 5.69 Å².